The van der Waals surface area contributed by atoms with E-state index in [9.17, 15) is 36.4 Å². The standard InChI is InChI=1S/C25H34F2O11S/c1-3-9-24(10-5-4-6-11-24)38-23(31)19-15-12-14-18(19)22(30)37-21(14)20(15)36-17(29)8-7-16(28)35-13(2)25(26,27)39(32,33)34/h13-15,18-21H,3-12H2,1-2H3,(H,32,33,34). The van der Waals surface area contributed by atoms with Gasteiger partial charge in [0.2, 0.25) is 0 Å². The van der Waals surface area contributed by atoms with Crippen LogP contribution in [0.15, 0.2) is 0 Å². The minimum atomic E-state index is -5.82. The van der Waals surface area contributed by atoms with Crippen LogP contribution in [0.1, 0.15) is 78.1 Å². The van der Waals surface area contributed by atoms with Gasteiger partial charge < -0.3 is 18.9 Å². The van der Waals surface area contributed by atoms with Crippen LogP contribution in [0.3, 0.4) is 0 Å². The maximum atomic E-state index is 13.6. The summed E-state index contributed by atoms with van der Waals surface area (Å²) in [7, 11) is -5.82. The van der Waals surface area contributed by atoms with Gasteiger partial charge in [0.15, 0.2) is 6.10 Å². The van der Waals surface area contributed by atoms with Crippen molar-refractivity contribution in [2.45, 2.75) is 107 Å². The highest BCUT2D eigenvalue weighted by molar-refractivity contribution is 7.86. The fraction of sp³-hybridized carbons (Fsp3) is 0.840. The van der Waals surface area contributed by atoms with E-state index in [1.807, 2.05) is 6.92 Å². The number of carbonyl (C=O) groups excluding carboxylic acids is 4. The molecule has 220 valence electrons. The Morgan fingerprint density at radius 2 is 1.77 bits per heavy atom. The quantitative estimate of drug-likeness (QED) is 0.217. The van der Waals surface area contributed by atoms with Crippen molar-refractivity contribution in [3.63, 3.8) is 0 Å². The number of carbonyl (C=O) groups is 4. The van der Waals surface area contributed by atoms with Crippen LogP contribution in [0.5, 0.6) is 0 Å². The van der Waals surface area contributed by atoms with E-state index in [4.69, 9.17) is 18.8 Å². The summed E-state index contributed by atoms with van der Waals surface area (Å²) in [5, 5.41) is -4.73. The smallest absolute Gasteiger partial charge is 0.405 e. The van der Waals surface area contributed by atoms with Crippen LogP contribution in [0.4, 0.5) is 8.78 Å². The fourth-order valence-corrected chi connectivity index (χ4v) is 7.22. The van der Waals surface area contributed by atoms with Crippen LogP contribution in [-0.4, -0.2) is 66.0 Å². The van der Waals surface area contributed by atoms with E-state index in [-0.39, 0.29) is 5.92 Å². The molecule has 11 nitrogen and oxygen atoms in total. The van der Waals surface area contributed by atoms with Crippen LogP contribution in [-0.2, 0) is 48.2 Å². The molecule has 1 N–H and O–H groups in total. The van der Waals surface area contributed by atoms with Gasteiger partial charge in [-0.25, -0.2) is 0 Å². The highest BCUT2D eigenvalue weighted by Crippen LogP contribution is 2.59. The SMILES string of the molecule is CCCC1(OC(=O)C2C3CC4C(OC(=O)C42)C3OC(=O)CCC(=O)OC(C)C(F)(F)S(=O)(=O)O)CCCCC1. The number of fused-ring (bicyclic) bond motifs is 1. The number of alkyl halides is 2. The second-order valence-corrected chi connectivity index (χ2v) is 12.5. The van der Waals surface area contributed by atoms with Crippen molar-refractivity contribution in [1.82, 2.24) is 0 Å². The zero-order valence-electron chi connectivity index (χ0n) is 21.8. The summed E-state index contributed by atoms with van der Waals surface area (Å²) >= 11 is 0. The van der Waals surface area contributed by atoms with E-state index in [0.717, 1.165) is 44.9 Å². The molecule has 3 saturated carbocycles. The molecule has 3 aliphatic carbocycles. The van der Waals surface area contributed by atoms with Gasteiger partial charge in [-0.2, -0.15) is 17.2 Å². The van der Waals surface area contributed by atoms with Crippen molar-refractivity contribution in [3.05, 3.63) is 0 Å². The molecule has 0 aromatic carbocycles. The lowest BCUT2D eigenvalue weighted by Crippen LogP contribution is -2.46. The van der Waals surface area contributed by atoms with E-state index < -0.39 is 93.8 Å². The summed E-state index contributed by atoms with van der Waals surface area (Å²) in [5.41, 5.74) is -0.566. The minimum Gasteiger partial charge on any atom is -0.459 e. The third-order valence-electron chi connectivity index (χ3n) is 8.53. The van der Waals surface area contributed by atoms with Crippen molar-refractivity contribution in [2.24, 2.45) is 23.7 Å². The van der Waals surface area contributed by atoms with Crippen molar-refractivity contribution < 1.29 is 59.9 Å². The van der Waals surface area contributed by atoms with Gasteiger partial charge in [-0.3, -0.25) is 23.7 Å². The van der Waals surface area contributed by atoms with Crippen LogP contribution in [0.25, 0.3) is 0 Å². The van der Waals surface area contributed by atoms with Gasteiger partial charge in [-0.15, -0.1) is 0 Å². The predicted octanol–water partition coefficient (Wildman–Crippen LogP) is 2.94. The topological polar surface area (TPSA) is 160 Å². The largest absolute Gasteiger partial charge is 0.459 e. The number of rotatable bonds is 11. The van der Waals surface area contributed by atoms with E-state index in [1.165, 1.54) is 0 Å². The third kappa shape index (κ3) is 5.63. The number of hydrogen-bond acceptors (Lipinski definition) is 10. The summed E-state index contributed by atoms with van der Waals surface area (Å²) in [4.78, 5) is 50.6. The minimum absolute atomic E-state index is 0.306. The summed E-state index contributed by atoms with van der Waals surface area (Å²) in [6.45, 7) is 2.61. The maximum absolute atomic E-state index is 13.6. The predicted molar refractivity (Wildman–Crippen MR) is 126 cm³/mol. The highest BCUT2D eigenvalue weighted by atomic mass is 32.2. The van der Waals surface area contributed by atoms with Crippen molar-refractivity contribution >= 4 is 34.0 Å². The van der Waals surface area contributed by atoms with E-state index in [0.29, 0.717) is 13.3 Å². The zero-order chi connectivity index (χ0) is 28.8. The summed E-state index contributed by atoms with van der Waals surface area (Å²) in [6, 6.07) is 0. The zero-order valence-corrected chi connectivity index (χ0v) is 22.6. The fourth-order valence-electron chi connectivity index (χ4n) is 6.75. The average Bonchev–Trinajstić information content (AvgIpc) is 3.46. The first-order valence-electron chi connectivity index (χ1n) is 13.4. The van der Waals surface area contributed by atoms with E-state index in [1.54, 1.807) is 0 Å². The van der Waals surface area contributed by atoms with E-state index in [2.05, 4.69) is 4.74 Å². The molecule has 2 bridgehead atoms. The van der Waals surface area contributed by atoms with Gasteiger partial charge in [0.05, 0.1) is 24.7 Å². The summed E-state index contributed by atoms with van der Waals surface area (Å²) < 4.78 is 78.8. The Kier molecular flexibility index (Phi) is 8.28. The van der Waals surface area contributed by atoms with Crippen molar-refractivity contribution in [2.75, 3.05) is 0 Å². The normalized spacial score (nSPS) is 31.9. The van der Waals surface area contributed by atoms with Gasteiger partial charge in [0.1, 0.15) is 17.8 Å². The Bertz CT molecular complexity index is 1100. The number of hydrogen-bond donors (Lipinski definition) is 1. The maximum Gasteiger partial charge on any atom is 0.405 e. The molecule has 39 heavy (non-hydrogen) atoms. The Morgan fingerprint density at radius 3 is 2.38 bits per heavy atom. The first-order chi connectivity index (χ1) is 18.2. The molecular formula is C25H34F2O11S. The van der Waals surface area contributed by atoms with Gasteiger partial charge >= 0.3 is 39.2 Å². The molecular weight excluding hydrogens is 546 g/mol. The first-order valence-corrected chi connectivity index (χ1v) is 14.8. The Labute approximate surface area is 225 Å². The summed E-state index contributed by atoms with van der Waals surface area (Å²) in [6.07, 6.45) is 1.05. The molecule has 0 radical (unpaired) electrons. The molecule has 4 rings (SSSR count). The van der Waals surface area contributed by atoms with Crippen LogP contribution in [0.2, 0.25) is 0 Å². The number of ether oxygens (including phenoxy) is 4. The lowest BCUT2D eigenvalue weighted by Gasteiger charge is -2.39. The molecule has 1 aliphatic heterocycles. The average molecular weight is 581 g/mol. The van der Waals surface area contributed by atoms with Crippen molar-refractivity contribution in [1.29, 1.82) is 0 Å². The second-order valence-electron chi connectivity index (χ2n) is 11.1. The van der Waals surface area contributed by atoms with Gasteiger partial charge in [-0.05, 0) is 45.4 Å². The number of esters is 4. The molecule has 4 fully saturated rings. The molecule has 0 aromatic rings. The Hall–Kier alpha value is -2.35. The van der Waals surface area contributed by atoms with Crippen LogP contribution >= 0.6 is 0 Å². The van der Waals surface area contributed by atoms with Gasteiger partial charge in [0, 0.05) is 11.8 Å². The summed E-state index contributed by atoms with van der Waals surface area (Å²) in [5.74, 6) is -5.51. The molecule has 4 aliphatic rings. The van der Waals surface area contributed by atoms with Crippen LogP contribution < -0.4 is 0 Å². The lowest BCUT2D eigenvalue weighted by atomic mass is 9.77. The monoisotopic (exact) mass is 580 g/mol. The molecule has 0 spiro atoms. The Balaban J connectivity index is 1.37. The van der Waals surface area contributed by atoms with Crippen LogP contribution in [0, 0.1) is 23.7 Å². The molecule has 0 aromatic heterocycles. The lowest BCUT2D eigenvalue weighted by molar-refractivity contribution is -0.179. The molecule has 1 heterocycles. The van der Waals surface area contributed by atoms with E-state index >= 15 is 0 Å². The van der Waals surface area contributed by atoms with Gasteiger partial charge in [0.25, 0.3) is 0 Å². The first kappa shape index (κ1) is 29.6. The second kappa shape index (κ2) is 10.9. The van der Waals surface area contributed by atoms with Gasteiger partial charge in [-0.1, -0.05) is 19.8 Å². The molecule has 1 saturated heterocycles. The highest BCUT2D eigenvalue weighted by Gasteiger charge is 2.70. The van der Waals surface area contributed by atoms with Crippen molar-refractivity contribution in [3.8, 4) is 0 Å². The Morgan fingerprint density at radius 1 is 1.13 bits per heavy atom. The molecule has 14 heteroatoms. The molecule has 7 atom stereocenters. The molecule has 0 amide bonds. The molecule has 7 unspecified atom stereocenters. The number of halogens is 2. The third-order valence-corrected chi connectivity index (χ3v) is 9.55.